The molecule has 0 bridgehead atoms. The molecule has 0 radical (unpaired) electrons. The fourth-order valence-electron chi connectivity index (χ4n) is 1.59. The number of amides is 1. The van der Waals surface area contributed by atoms with Crippen LogP contribution in [0, 0.1) is 0 Å². The molecule has 0 aliphatic heterocycles. The number of aromatic nitrogens is 3. The summed E-state index contributed by atoms with van der Waals surface area (Å²) in [7, 11) is -3.71. The van der Waals surface area contributed by atoms with Gasteiger partial charge < -0.3 is 11.1 Å². The van der Waals surface area contributed by atoms with Crippen molar-refractivity contribution in [2.75, 3.05) is 5.73 Å². The summed E-state index contributed by atoms with van der Waals surface area (Å²) >= 11 is 0. The molecule has 0 fully saturated rings. The molecule has 2 aromatic rings. The Morgan fingerprint density at radius 3 is 2.48 bits per heavy atom. The van der Waals surface area contributed by atoms with Crippen LogP contribution in [0.15, 0.2) is 35.5 Å². The molecule has 5 N–H and O–H groups in total. The predicted octanol–water partition coefficient (Wildman–Crippen LogP) is -1.18. The lowest BCUT2D eigenvalue weighted by Crippen LogP contribution is -2.27. The van der Waals surface area contributed by atoms with Gasteiger partial charge >= 0.3 is 0 Å². The number of hydrogen-bond donors (Lipinski definition) is 3. The highest BCUT2D eigenvalue weighted by molar-refractivity contribution is 7.89. The van der Waals surface area contributed by atoms with E-state index in [0.29, 0.717) is 0 Å². The maximum absolute atomic E-state index is 11.7. The van der Waals surface area contributed by atoms with Crippen molar-refractivity contribution in [3.8, 4) is 0 Å². The molecule has 1 amide bonds. The summed E-state index contributed by atoms with van der Waals surface area (Å²) in [6.07, 6.45) is 1.36. The number of benzene rings is 1. The Morgan fingerprint density at radius 1 is 1.29 bits per heavy atom. The van der Waals surface area contributed by atoms with Crippen LogP contribution >= 0.6 is 0 Å². The van der Waals surface area contributed by atoms with Gasteiger partial charge in [-0.15, -0.1) is 5.10 Å². The largest absolute Gasteiger partial charge is 0.367 e. The van der Waals surface area contributed by atoms with Crippen LogP contribution in [0.2, 0.25) is 0 Å². The van der Waals surface area contributed by atoms with Gasteiger partial charge in [0.1, 0.15) is 12.9 Å². The van der Waals surface area contributed by atoms with Crippen molar-refractivity contribution in [3.63, 3.8) is 0 Å². The Bertz CT molecular complexity index is 738. The van der Waals surface area contributed by atoms with Crippen molar-refractivity contribution in [2.24, 2.45) is 5.14 Å². The second kappa shape index (κ2) is 5.89. The second-order valence-corrected chi connectivity index (χ2v) is 5.83. The van der Waals surface area contributed by atoms with Gasteiger partial charge in [-0.05, 0) is 17.7 Å². The number of nitrogens with two attached hydrogens (primary N) is 2. The lowest BCUT2D eigenvalue weighted by Gasteiger charge is -2.06. The van der Waals surface area contributed by atoms with Crippen LogP contribution in [-0.4, -0.2) is 29.1 Å². The SMILES string of the molecule is Nc1ncn(CC(=O)NCc2ccc(S(N)(=O)=O)cc2)n1. The number of primary sulfonamides is 1. The van der Waals surface area contributed by atoms with E-state index in [1.54, 1.807) is 12.1 Å². The van der Waals surface area contributed by atoms with Crippen LogP contribution in [0.5, 0.6) is 0 Å². The number of nitrogens with zero attached hydrogens (tertiary/aromatic N) is 3. The lowest BCUT2D eigenvalue weighted by molar-refractivity contribution is -0.122. The Balaban J connectivity index is 1.89. The molecule has 0 aliphatic carbocycles. The van der Waals surface area contributed by atoms with Crippen LogP contribution < -0.4 is 16.2 Å². The fourth-order valence-corrected chi connectivity index (χ4v) is 2.10. The highest BCUT2D eigenvalue weighted by Crippen LogP contribution is 2.08. The van der Waals surface area contributed by atoms with Crippen molar-refractivity contribution in [1.29, 1.82) is 0 Å². The van der Waals surface area contributed by atoms with E-state index in [2.05, 4.69) is 15.4 Å². The van der Waals surface area contributed by atoms with Gasteiger partial charge in [0, 0.05) is 6.54 Å². The third-order valence-electron chi connectivity index (χ3n) is 2.60. The van der Waals surface area contributed by atoms with E-state index in [4.69, 9.17) is 10.9 Å². The zero-order valence-corrected chi connectivity index (χ0v) is 11.7. The van der Waals surface area contributed by atoms with E-state index in [-0.39, 0.29) is 29.8 Å². The van der Waals surface area contributed by atoms with E-state index < -0.39 is 10.0 Å². The molecule has 112 valence electrons. The normalized spacial score (nSPS) is 11.3. The van der Waals surface area contributed by atoms with Gasteiger partial charge in [-0.1, -0.05) is 12.1 Å². The quantitative estimate of drug-likeness (QED) is 0.634. The monoisotopic (exact) mass is 310 g/mol. The van der Waals surface area contributed by atoms with Crippen LogP contribution in [-0.2, 0) is 27.9 Å². The minimum absolute atomic E-state index is 0.000533. The zero-order chi connectivity index (χ0) is 15.5. The molecule has 0 unspecified atom stereocenters. The third kappa shape index (κ3) is 4.26. The minimum atomic E-state index is -3.71. The van der Waals surface area contributed by atoms with Gasteiger partial charge in [0.2, 0.25) is 21.9 Å². The number of carbonyl (C=O) groups is 1. The lowest BCUT2D eigenvalue weighted by atomic mass is 10.2. The van der Waals surface area contributed by atoms with E-state index in [1.165, 1.54) is 23.1 Å². The zero-order valence-electron chi connectivity index (χ0n) is 10.9. The number of hydrogen-bond acceptors (Lipinski definition) is 6. The number of nitrogens with one attached hydrogen (secondary N) is 1. The van der Waals surface area contributed by atoms with Gasteiger partial charge in [-0.25, -0.2) is 23.2 Å². The number of rotatable bonds is 5. The molecule has 2 rings (SSSR count). The van der Waals surface area contributed by atoms with Crippen LogP contribution in [0.25, 0.3) is 0 Å². The number of nitrogen functional groups attached to an aromatic ring is 1. The fraction of sp³-hybridized carbons (Fsp3) is 0.182. The summed E-state index contributed by atoms with van der Waals surface area (Å²) in [6.45, 7) is 0.257. The molecule has 10 heteroatoms. The Kier molecular flexibility index (Phi) is 4.19. The van der Waals surface area contributed by atoms with Crippen LogP contribution in [0.4, 0.5) is 5.95 Å². The van der Waals surface area contributed by atoms with Gasteiger partial charge in [0.15, 0.2) is 0 Å². The average molecular weight is 310 g/mol. The number of anilines is 1. The Labute approximate surface area is 121 Å². The molecule has 0 spiro atoms. The Morgan fingerprint density at radius 2 is 1.95 bits per heavy atom. The molecule has 1 aromatic heterocycles. The van der Waals surface area contributed by atoms with Gasteiger partial charge in [0.25, 0.3) is 0 Å². The molecule has 21 heavy (non-hydrogen) atoms. The van der Waals surface area contributed by atoms with Gasteiger partial charge in [0.05, 0.1) is 4.90 Å². The summed E-state index contributed by atoms with van der Waals surface area (Å²) in [4.78, 5) is 15.4. The van der Waals surface area contributed by atoms with Crippen LogP contribution in [0.3, 0.4) is 0 Å². The van der Waals surface area contributed by atoms with Gasteiger partial charge in [-0.3, -0.25) is 4.79 Å². The first-order valence-electron chi connectivity index (χ1n) is 5.88. The summed E-state index contributed by atoms with van der Waals surface area (Å²) < 4.78 is 23.5. The van der Waals surface area contributed by atoms with Crippen molar-refractivity contribution in [3.05, 3.63) is 36.2 Å². The molecule has 0 aliphatic rings. The second-order valence-electron chi connectivity index (χ2n) is 4.27. The molecule has 9 nitrogen and oxygen atoms in total. The van der Waals surface area contributed by atoms with Crippen molar-refractivity contribution >= 4 is 21.9 Å². The van der Waals surface area contributed by atoms with E-state index in [0.717, 1.165) is 5.56 Å². The van der Waals surface area contributed by atoms with Crippen molar-refractivity contribution in [2.45, 2.75) is 18.0 Å². The molecule has 1 heterocycles. The van der Waals surface area contributed by atoms with Crippen molar-refractivity contribution in [1.82, 2.24) is 20.1 Å². The minimum Gasteiger partial charge on any atom is -0.367 e. The van der Waals surface area contributed by atoms with Crippen molar-refractivity contribution < 1.29 is 13.2 Å². The van der Waals surface area contributed by atoms with Gasteiger partial charge in [-0.2, -0.15) is 0 Å². The predicted molar refractivity (Wildman–Crippen MR) is 74.1 cm³/mol. The molecular formula is C11H14N6O3S. The molecular weight excluding hydrogens is 296 g/mol. The summed E-state index contributed by atoms with van der Waals surface area (Å²) in [5, 5.41) is 11.4. The summed E-state index contributed by atoms with van der Waals surface area (Å²) in [5.41, 5.74) is 6.08. The summed E-state index contributed by atoms with van der Waals surface area (Å²) in [6, 6.07) is 5.92. The van der Waals surface area contributed by atoms with E-state index in [1.807, 2.05) is 0 Å². The number of carbonyl (C=O) groups excluding carboxylic acids is 1. The maximum atomic E-state index is 11.7. The standard InChI is InChI=1S/C11H14N6O3S/c12-11-15-7-17(16-11)6-10(18)14-5-8-1-3-9(4-2-8)21(13,19)20/h1-4,7H,5-6H2,(H2,12,16)(H,14,18)(H2,13,19,20). The highest BCUT2D eigenvalue weighted by Gasteiger charge is 2.08. The number of sulfonamides is 1. The van der Waals surface area contributed by atoms with E-state index >= 15 is 0 Å². The molecule has 0 saturated heterocycles. The molecule has 0 saturated carbocycles. The Hall–Kier alpha value is -2.46. The average Bonchev–Trinajstić information content (AvgIpc) is 2.81. The first kappa shape index (κ1) is 14.9. The topological polar surface area (TPSA) is 146 Å². The summed E-state index contributed by atoms with van der Waals surface area (Å²) in [5.74, 6) is -0.170. The van der Waals surface area contributed by atoms with E-state index in [9.17, 15) is 13.2 Å². The van der Waals surface area contributed by atoms with Crippen LogP contribution in [0.1, 0.15) is 5.56 Å². The first-order chi connectivity index (χ1) is 9.84. The third-order valence-corrected chi connectivity index (χ3v) is 3.53. The maximum Gasteiger partial charge on any atom is 0.242 e. The highest BCUT2D eigenvalue weighted by atomic mass is 32.2. The molecule has 0 atom stereocenters. The first-order valence-corrected chi connectivity index (χ1v) is 7.42. The smallest absolute Gasteiger partial charge is 0.242 e. The molecule has 1 aromatic carbocycles.